The number of ether oxygens (including phenoxy) is 2. The molecule has 1 amide bonds. The van der Waals surface area contributed by atoms with Crippen molar-refractivity contribution >= 4 is 11.7 Å². The summed E-state index contributed by atoms with van der Waals surface area (Å²) < 4.78 is 10.3. The Labute approximate surface area is 116 Å². The molecule has 1 N–H and O–H groups in total. The third-order valence-corrected chi connectivity index (χ3v) is 2.79. The molecule has 0 aliphatic rings. The minimum absolute atomic E-state index is 0.116. The molecule has 19 heavy (non-hydrogen) atoms. The van der Waals surface area contributed by atoms with Crippen LogP contribution in [0.25, 0.3) is 0 Å². The molecule has 0 spiro atoms. The van der Waals surface area contributed by atoms with Crippen molar-refractivity contribution in [1.29, 1.82) is 0 Å². The monoisotopic (exact) mass is 273 g/mol. The number of hydrogen-bond acceptors (Lipinski definition) is 4. The van der Waals surface area contributed by atoms with E-state index in [0.717, 1.165) is 19.3 Å². The van der Waals surface area contributed by atoms with Crippen molar-refractivity contribution < 1.29 is 19.1 Å². The number of unbranched alkanes of at least 4 members (excludes halogenated alkanes) is 2. The van der Waals surface area contributed by atoms with Crippen molar-refractivity contribution in [1.82, 2.24) is 5.32 Å². The van der Waals surface area contributed by atoms with Crippen molar-refractivity contribution in [2.45, 2.75) is 52.1 Å². The molecule has 0 saturated carbocycles. The van der Waals surface area contributed by atoms with Gasteiger partial charge in [0.05, 0.1) is 13.2 Å². The lowest BCUT2D eigenvalue weighted by Crippen LogP contribution is -2.45. The Morgan fingerprint density at radius 2 is 1.79 bits per heavy atom. The van der Waals surface area contributed by atoms with Crippen LogP contribution in [0.15, 0.2) is 0 Å². The zero-order valence-electron chi connectivity index (χ0n) is 12.6. The standard InChI is InChI=1S/C14H27NO4/c1-12(16)8-6-5-7-9-15-13(17)14(2,3)19-11-10-18-4/h5-11H2,1-4H3,(H,15,17). The van der Waals surface area contributed by atoms with E-state index in [9.17, 15) is 9.59 Å². The zero-order valence-corrected chi connectivity index (χ0v) is 12.6. The fraction of sp³-hybridized carbons (Fsp3) is 0.857. The van der Waals surface area contributed by atoms with E-state index in [1.165, 1.54) is 0 Å². The second-order valence-corrected chi connectivity index (χ2v) is 5.12. The van der Waals surface area contributed by atoms with Gasteiger partial charge in [-0.1, -0.05) is 6.42 Å². The molecule has 0 saturated heterocycles. The topological polar surface area (TPSA) is 64.6 Å². The van der Waals surface area contributed by atoms with Gasteiger partial charge in [-0.2, -0.15) is 0 Å². The van der Waals surface area contributed by atoms with Gasteiger partial charge in [0.2, 0.25) is 0 Å². The number of carbonyl (C=O) groups excluding carboxylic acids is 2. The molecule has 0 bridgehead atoms. The van der Waals surface area contributed by atoms with Crippen molar-refractivity contribution in [3.8, 4) is 0 Å². The summed E-state index contributed by atoms with van der Waals surface area (Å²) in [6.45, 7) is 6.58. The molecule has 5 heteroatoms. The molecule has 0 aliphatic heterocycles. The number of carbonyl (C=O) groups is 2. The number of amides is 1. The van der Waals surface area contributed by atoms with Crippen LogP contribution in [-0.2, 0) is 19.1 Å². The van der Waals surface area contributed by atoms with E-state index in [2.05, 4.69) is 5.32 Å². The van der Waals surface area contributed by atoms with Crippen LogP contribution in [-0.4, -0.2) is 44.2 Å². The molecule has 0 unspecified atom stereocenters. The second-order valence-electron chi connectivity index (χ2n) is 5.12. The summed E-state index contributed by atoms with van der Waals surface area (Å²) in [5.74, 6) is 0.104. The van der Waals surface area contributed by atoms with E-state index >= 15 is 0 Å². The highest BCUT2D eigenvalue weighted by atomic mass is 16.5. The van der Waals surface area contributed by atoms with Gasteiger partial charge in [0.15, 0.2) is 0 Å². The lowest BCUT2D eigenvalue weighted by Gasteiger charge is -2.24. The van der Waals surface area contributed by atoms with Gasteiger partial charge in [0.25, 0.3) is 5.91 Å². The average molecular weight is 273 g/mol. The summed E-state index contributed by atoms with van der Waals surface area (Å²) in [4.78, 5) is 22.6. The van der Waals surface area contributed by atoms with Crippen LogP contribution in [0.3, 0.4) is 0 Å². The highest BCUT2D eigenvalue weighted by Gasteiger charge is 2.27. The van der Waals surface area contributed by atoms with Crippen LogP contribution in [0.2, 0.25) is 0 Å². The van der Waals surface area contributed by atoms with Crippen LogP contribution in [0.1, 0.15) is 46.5 Å². The summed E-state index contributed by atoms with van der Waals surface area (Å²) in [6, 6.07) is 0. The quantitative estimate of drug-likeness (QED) is 0.582. The lowest BCUT2D eigenvalue weighted by atomic mass is 10.1. The second kappa shape index (κ2) is 9.92. The minimum atomic E-state index is -0.835. The van der Waals surface area contributed by atoms with E-state index in [4.69, 9.17) is 9.47 Å². The van der Waals surface area contributed by atoms with E-state index in [0.29, 0.717) is 26.2 Å². The first-order valence-electron chi connectivity index (χ1n) is 6.81. The van der Waals surface area contributed by atoms with Gasteiger partial charge in [-0.3, -0.25) is 4.79 Å². The molecule has 5 nitrogen and oxygen atoms in total. The van der Waals surface area contributed by atoms with Crippen LogP contribution >= 0.6 is 0 Å². The Morgan fingerprint density at radius 1 is 1.11 bits per heavy atom. The molecule has 0 aliphatic carbocycles. The van der Waals surface area contributed by atoms with Crippen molar-refractivity contribution in [2.24, 2.45) is 0 Å². The molecule has 112 valence electrons. The molecular formula is C14H27NO4. The van der Waals surface area contributed by atoms with Gasteiger partial charge >= 0.3 is 0 Å². The normalized spacial score (nSPS) is 11.4. The molecule has 0 aromatic rings. The number of hydrogen-bond donors (Lipinski definition) is 1. The number of ketones is 1. The fourth-order valence-electron chi connectivity index (χ4n) is 1.54. The van der Waals surface area contributed by atoms with E-state index < -0.39 is 5.60 Å². The number of rotatable bonds is 11. The summed E-state index contributed by atoms with van der Waals surface area (Å²) in [7, 11) is 1.59. The Balaban J connectivity index is 3.68. The maximum absolute atomic E-state index is 11.9. The molecule has 0 heterocycles. The first-order valence-corrected chi connectivity index (χ1v) is 6.81. The third kappa shape index (κ3) is 9.62. The first kappa shape index (κ1) is 18.1. The maximum atomic E-state index is 11.9. The summed E-state index contributed by atoms with van der Waals surface area (Å²) >= 11 is 0. The number of methoxy groups -OCH3 is 1. The SMILES string of the molecule is COCCOC(C)(C)C(=O)NCCCCCC(C)=O. The van der Waals surface area contributed by atoms with Crippen LogP contribution in [0.4, 0.5) is 0 Å². The highest BCUT2D eigenvalue weighted by Crippen LogP contribution is 2.09. The summed E-state index contributed by atoms with van der Waals surface area (Å²) in [6.07, 6.45) is 3.34. The molecule has 0 radical (unpaired) electrons. The molecule has 0 atom stereocenters. The molecular weight excluding hydrogens is 246 g/mol. The van der Waals surface area contributed by atoms with Crippen molar-refractivity contribution in [2.75, 3.05) is 26.9 Å². The van der Waals surface area contributed by atoms with Gasteiger partial charge in [-0.05, 0) is 33.6 Å². The Hall–Kier alpha value is -0.940. The zero-order chi connectivity index (χ0) is 14.7. The Bertz CT molecular complexity index is 277. The number of Topliss-reactive ketones (excluding diaryl/α,β-unsaturated/α-hetero) is 1. The third-order valence-electron chi connectivity index (χ3n) is 2.79. The van der Waals surface area contributed by atoms with E-state index in [-0.39, 0.29) is 11.7 Å². The largest absolute Gasteiger partial charge is 0.382 e. The lowest BCUT2D eigenvalue weighted by molar-refractivity contribution is -0.144. The van der Waals surface area contributed by atoms with E-state index in [1.54, 1.807) is 27.9 Å². The van der Waals surface area contributed by atoms with E-state index in [1.807, 2.05) is 0 Å². The van der Waals surface area contributed by atoms with Crippen molar-refractivity contribution in [3.05, 3.63) is 0 Å². The van der Waals surface area contributed by atoms with Gasteiger partial charge in [0, 0.05) is 20.1 Å². The molecule has 0 fully saturated rings. The minimum Gasteiger partial charge on any atom is -0.382 e. The first-order chi connectivity index (χ1) is 8.90. The van der Waals surface area contributed by atoms with Crippen LogP contribution < -0.4 is 5.32 Å². The highest BCUT2D eigenvalue weighted by molar-refractivity contribution is 5.84. The van der Waals surface area contributed by atoms with Gasteiger partial charge in [-0.15, -0.1) is 0 Å². The van der Waals surface area contributed by atoms with Gasteiger partial charge < -0.3 is 19.6 Å². The summed E-state index contributed by atoms with van der Waals surface area (Å²) in [5.41, 5.74) is -0.835. The predicted molar refractivity (Wildman–Crippen MR) is 74.1 cm³/mol. The molecule has 0 aromatic carbocycles. The average Bonchev–Trinajstić information content (AvgIpc) is 2.33. The molecule has 0 aromatic heterocycles. The van der Waals surface area contributed by atoms with Crippen LogP contribution in [0.5, 0.6) is 0 Å². The Kier molecular flexibility index (Phi) is 9.43. The molecule has 0 rings (SSSR count). The maximum Gasteiger partial charge on any atom is 0.251 e. The smallest absolute Gasteiger partial charge is 0.251 e. The Morgan fingerprint density at radius 3 is 2.37 bits per heavy atom. The summed E-state index contributed by atoms with van der Waals surface area (Å²) in [5, 5.41) is 2.85. The van der Waals surface area contributed by atoms with Gasteiger partial charge in [-0.25, -0.2) is 0 Å². The van der Waals surface area contributed by atoms with Crippen LogP contribution in [0, 0.1) is 0 Å². The number of nitrogens with one attached hydrogen (secondary N) is 1. The fourth-order valence-corrected chi connectivity index (χ4v) is 1.54. The predicted octanol–water partition coefficient (Wildman–Crippen LogP) is 1.69. The van der Waals surface area contributed by atoms with Crippen molar-refractivity contribution in [3.63, 3.8) is 0 Å². The van der Waals surface area contributed by atoms with Gasteiger partial charge in [0.1, 0.15) is 11.4 Å².